The van der Waals surface area contributed by atoms with Crippen LogP contribution >= 0.6 is 0 Å². The summed E-state index contributed by atoms with van der Waals surface area (Å²) >= 11 is 0. The van der Waals surface area contributed by atoms with Crippen molar-refractivity contribution in [3.63, 3.8) is 0 Å². The molecule has 0 radical (unpaired) electrons. The van der Waals surface area contributed by atoms with E-state index in [0.717, 1.165) is 24.9 Å². The van der Waals surface area contributed by atoms with Gasteiger partial charge >= 0.3 is 0 Å². The fourth-order valence-corrected chi connectivity index (χ4v) is 2.70. The molecule has 0 spiro atoms. The van der Waals surface area contributed by atoms with Gasteiger partial charge in [0.25, 0.3) is 0 Å². The molecule has 0 unspecified atom stereocenters. The number of aliphatic hydroxyl groups excluding tert-OH is 2. The summed E-state index contributed by atoms with van der Waals surface area (Å²) in [6.07, 6.45) is 2.00. The molecule has 0 aliphatic heterocycles. The van der Waals surface area contributed by atoms with Crippen LogP contribution in [0, 0.1) is 23.6 Å². The zero-order valence-corrected chi connectivity index (χ0v) is 12.3. The smallest absolute Gasteiger partial charge is 0.124 e. The number of nitrogens with zero attached hydrogens (tertiary/aromatic N) is 1. The molecule has 0 amide bonds. The van der Waals surface area contributed by atoms with Crippen molar-refractivity contribution in [2.24, 2.45) is 5.92 Å². The van der Waals surface area contributed by atoms with Crippen LogP contribution in [0.5, 0.6) is 0 Å². The molecule has 1 saturated carbocycles. The van der Waals surface area contributed by atoms with Gasteiger partial charge in [0.1, 0.15) is 5.82 Å². The average Bonchev–Trinajstić information content (AvgIpc) is 2.36. The van der Waals surface area contributed by atoms with Gasteiger partial charge in [0.15, 0.2) is 0 Å². The van der Waals surface area contributed by atoms with Crippen molar-refractivity contribution < 1.29 is 14.6 Å². The van der Waals surface area contributed by atoms with Gasteiger partial charge in [-0.3, -0.25) is 0 Å². The Bertz CT molecular complexity index is 529. The molecular weight excluding hydrogens is 269 g/mol. The summed E-state index contributed by atoms with van der Waals surface area (Å²) in [5.41, 5.74) is 1.54. The van der Waals surface area contributed by atoms with Crippen molar-refractivity contribution in [1.82, 2.24) is 4.90 Å². The Morgan fingerprint density at radius 2 is 2.10 bits per heavy atom. The Morgan fingerprint density at radius 1 is 1.33 bits per heavy atom. The molecule has 0 aromatic heterocycles. The van der Waals surface area contributed by atoms with E-state index in [1.807, 2.05) is 13.1 Å². The van der Waals surface area contributed by atoms with Gasteiger partial charge in [-0.2, -0.15) is 0 Å². The van der Waals surface area contributed by atoms with Crippen LogP contribution in [0.4, 0.5) is 4.39 Å². The second-order valence-corrected chi connectivity index (χ2v) is 5.81. The predicted molar refractivity (Wildman–Crippen MR) is 80.0 cm³/mol. The summed E-state index contributed by atoms with van der Waals surface area (Å²) in [5.74, 6) is 5.93. The Hall–Kier alpha value is -1.41. The van der Waals surface area contributed by atoms with E-state index in [9.17, 15) is 9.50 Å². The first-order chi connectivity index (χ1) is 10.1. The number of halogens is 1. The summed E-state index contributed by atoms with van der Waals surface area (Å²) in [5, 5.41) is 18.0. The third-order valence-electron chi connectivity index (χ3n) is 3.66. The SMILES string of the molecule is CN(Cc1cc(F)cc(C#CCCO)c1)CC1CC(O)C1. The normalized spacial score (nSPS) is 20.8. The summed E-state index contributed by atoms with van der Waals surface area (Å²) in [7, 11) is 2.01. The lowest BCUT2D eigenvalue weighted by molar-refractivity contribution is 0.0274. The van der Waals surface area contributed by atoms with E-state index in [2.05, 4.69) is 16.7 Å². The Balaban J connectivity index is 1.94. The van der Waals surface area contributed by atoms with Gasteiger partial charge in [-0.05, 0) is 49.6 Å². The third kappa shape index (κ3) is 5.13. The molecule has 1 aromatic rings. The van der Waals surface area contributed by atoms with Gasteiger partial charge in [-0.15, -0.1) is 0 Å². The highest BCUT2D eigenvalue weighted by Gasteiger charge is 2.27. The topological polar surface area (TPSA) is 43.7 Å². The zero-order valence-electron chi connectivity index (χ0n) is 12.3. The van der Waals surface area contributed by atoms with E-state index in [1.165, 1.54) is 12.1 Å². The van der Waals surface area contributed by atoms with E-state index in [-0.39, 0.29) is 18.5 Å². The Kier molecular flexibility index (Phi) is 5.75. The molecule has 114 valence electrons. The van der Waals surface area contributed by atoms with Gasteiger partial charge in [-0.25, -0.2) is 4.39 Å². The molecule has 1 aliphatic carbocycles. The molecule has 0 saturated heterocycles. The first-order valence-corrected chi connectivity index (χ1v) is 7.32. The van der Waals surface area contributed by atoms with Gasteiger partial charge in [0.05, 0.1) is 12.7 Å². The van der Waals surface area contributed by atoms with Crippen molar-refractivity contribution in [2.75, 3.05) is 20.2 Å². The highest BCUT2D eigenvalue weighted by Crippen LogP contribution is 2.27. The van der Waals surface area contributed by atoms with E-state index in [1.54, 1.807) is 0 Å². The number of hydrogen-bond acceptors (Lipinski definition) is 3. The molecule has 1 aliphatic rings. The van der Waals surface area contributed by atoms with Crippen molar-refractivity contribution >= 4 is 0 Å². The van der Waals surface area contributed by atoms with Crippen molar-refractivity contribution in [3.05, 3.63) is 35.1 Å². The quantitative estimate of drug-likeness (QED) is 0.813. The van der Waals surface area contributed by atoms with Gasteiger partial charge in [0, 0.05) is 25.1 Å². The molecule has 1 fully saturated rings. The highest BCUT2D eigenvalue weighted by atomic mass is 19.1. The van der Waals surface area contributed by atoms with E-state index in [4.69, 9.17) is 5.11 Å². The Morgan fingerprint density at radius 3 is 2.76 bits per heavy atom. The van der Waals surface area contributed by atoms with E-state index >= 15 is 0 Å². The van der Waals surface area contributed by atoms with Gasteiger partial charge < -0.3 is 15.1 Å². The van der Waals surface area contributed by atoms with Crippen LogP contribution in [0.25, 0.3) is 0 Å². The van der Waals surface area contributed by atoms with Gasteiger partial charge in [0.2, 0.25) is 0 Å². The third-order valence-corrected chi connectivity index (χ3v) is 3.66. The van der Waals surface area contributed by atoms with Crippen molar-refractivity contribution in [2.45, 2.75) is 31.9 Å². The number of aliphatic hydroxyl groups is 2. The molecule has 0 bridgehead atoms. The number of benzene rings is 1. The maximum atomic E-state index is 13.6. The lowest BCUT2D eigenvalue weighted by Gasteiger charge is -2.34. The molecular formula is C17H22FNO2. The van der Waals surface area contributed by atoms with E-state index < -0.39 is 0 Å². The van der Waals surface area contributed by atoms with Crippen LogP contribution in [0.1, 0.15) is 30.4 Å². The van der Waals surface area contributed by atoms with Gasteiger partial charge in [-0.1, -0.05) is 11.8 Å². The fraction of sp³-hybridized carbons (Fsp3) is 0.529. The number of rotatable bonds is 5. The fourth-order valence-electron chi connectivity index (χ4n) is 2.70. The maximum Gasteiger partial charge on any atom is 0.124 e. The van der Waals surface area contributed by atoms with Crippen LogP contribution in [0.3, 0.4) is 0 Å². The second kappa shape index (κ2) is 7.56. The molecule has 1 aromatic carbocycles. The maximum absolute atomic E-state index is 13.6. The molecule has 2 rings (SSSR count). The summed E-state index contributed by atoms with van der Waals surface area (Å²) in [4.78, 5) is 2.15. The lowest BCUT2D eigenvalue weighted by Crippen LogP contribution is -2.36. The van der Waals surface area contributed by atoms with Crippen LogP contribution in [0.15, 0.2) is 18.2 Å². The minimum atomic E-state index is -0.284. The highest BCUT2D eigenvalue weighted by molar-refractivity contribution is 5.37. The molecule has 3 nitrogen and oxygen atoms in total. The summed E-state index contributed by atoms with van der Waals surface area (Å²) in [6, 6.07) is 4.83. The summed E-state index contributed by atoms with van der Waals surface area (Å²) in [6.45, 7) is 1.60. The molecule has 0 atom stereocenters. The van der Waals surface area contributed by atoms with E-state index in [0.29, 0.717) is 24.4 Å². The molecule has 21 heavy (non-hydrogen) atoms. The second-order valence-electron chi connectivity index (χ2n) is 5.81. The minimum Gasteiger partial charge on any atom is -0.395 e. The van der Waals surface area contributed by atoms with Crippen LogP contribution in [0.2, 0.25) is 0 Å². The minimum absolute atomic E-state index is 0.0190. The first-order valence-electron chi connectivity index (χ1n) is 7.32. The van der Waals surface area contributed by atoms with Crippen molar-refractivity contribution in [3.8, 4) is 11.8 Å². The summed E-state index contributed by atoms with van der Waals surface area (Å²) < 4.78 is 13.6. The standard InChI is InChI=1S/C17H22FNO2/c1-19(12-15-9-17(21)10-15)11-14-6-13(4-2-3-5-20)7-16(18)8-14/h6-8,15,17,20-21H,3,5,9-12H2,1H3. The monoisotopic (exact) mass is 291 g/mol. The Labute approximate surface area is 125 Å². The van der Waals surface area contributed by atoms with Crippen molar-refractivity contribution in [1.29, 1.82) is 0 Å². The molecule has 4 heteroatoms. The lowest BCUT2D eigenvalue weighted by atomic mass is 9.82. The molecule has 0 heterocycles. The van der Waals surface area contributed by atoms with Crippen LogP contribution < -0.4 is 0 Å². The largest absolute Gasteiger partial charge is 0.395 e. The van der Waals surface area contributed by atoms with Crippen LogP contribution in [-0.4, -0.2) is 41.4 Å². The average molecular weight is 291 g/mol. The number of hydrogen-bond donors (Lipinski definition) is 2. The predicted octanol–water partition coefficient (Wildman–Crippen LogP) is 1.76. The molecule has 2 N–H and O–H groups in total. The first kappa shape index (κ1) is 16.0. The zero-order chi connectivity index (χ0) is 15.2. The van der Waals surface area contributed by atoms with Crippen LogP contribution in [-0.2, 0) is 6.54 Å².